The molecule has 0 aliphatic carbocycles. The number of likely N-dealkylation sites (N-methyl/N-ethyl adjacent to an activating group) is 2. The Labute approximate surface area is 526 Å². The molecule has 2 saturated heterocycles. The first-order valence-electron chi connectivity index (χ1n) is 29.9. The average molecular weight is 1260 g/mol. The van der Waals surface area contributed by atoms with Crippen LogP contribution >= 0.6 is 0 Å². The lowest BCUT2D eigenvalue weighted by Gasteiger charge is -2.32. The highest BCUT2D eigenvalue weighted by Gasteiger charge is 2.32. The van der Waals surface area contributed by atoms with Gasteiger partial charge in [0.05, 0.1) is 33.2 Å². The van der Waals surface area contributed by atoms with E-state index in [2.05, 4.69) is 85.5 Å². The minimum Gasteiger partial charge on any atom is -0.369 e. The van der Waals surface area contributed by atoms with Crippen LogP contribution in [0, 0.1) is 13.8 Å². The molecular formula is C66H68F6N18O2. The van der Waals surface area contributed by atoms with E-state index in [-0.39, 0.29) is 11.1 Å². The number of nitrogens with one attached hydrogen (secondary N) is 6. The summed E-state index contributed by atoms with van der Waals surface area (Å²) >= 11 is 0. The SMILES string of the molecule is Cc1ccc(NC(=O)c2cccc(C(F)(F)F)c2)cc1Nc1nc2ccccc2n1-c1cc(NCCN2CCN(C)CC2)ncn1.Cc1ccc(NC(=O)c2cccc(C(F)(F)F)c2)cc1Nc1nc2ccccc2n1-c1cc(NCCN2CCN(C)CC2)ncn1. The number of aromatic nitrogens is 8. The van der Waals surface area contributed by atoms with Crippen LogP contribution in [0.15, 0.2) is 158 Å². The van der Waals surface area contributed by atoms with Crippen LogP contribution in [-0.4, -0.2) is 163 Å². The molecule has 92 heavy (non-hydrogen) atoms. The minimum atomic E-state index is -4.55. The summed E-state index contributed by atoms with van der Waals surface area (Å²) in [6.07, 6.45) is -6.07. The van der Waals surface area contributed by atoms with Crippen LogP contribution in [-0.2, 0) is 12.4 Å². The van der Waals surface area contributed by atoms with Gasteiger partial charge in [0.25, 0.3) is 11.8 Å². The van der Waals surface area contributed by atoms with E-state index in [0.717, 1.165) is 136 Å². The van der Waals surface area contributed by atoms with Gasteiger partial charge < -0.3 is 41.7 Å². The molecule has 10 aromatic rings. The first kappa shape index (κ1) is 63.5. The molecule has 26 heteroatoms. The molecule has 6 heterocycles. The Hall–Kier alpha value is -10.0. The summed E-state index contributed by atoms with van der Waals surface area (Å²) in [6, 6.07) is 38.2. The summed E-state index contributed by atoms with van der Waals surface area (Å²) in [5.74, 6) is 2.29. The van der Waals surface area contributed by atoms with Gasteiger partial charge in [0.15, 0.2) is 0 Å². The molecule has 2 fully saturated rings. The zero-order valence-electron chi connectivity index (χ0n) is 50.9. The fourth-order valence-corrected chi connectivity index (χ4v) is 10.6. The monoisotopic (exact) mass is 1260 g/mol. The number of carbonyl (C=O) groups excluding carboxylic acids is 2. The standard InChI is InChI=1S/2C33H34F3N9O/c2*1-22-10-11-25(40-31(46)23-6-5-7-24(18-23)33(34,35)36)19-27(22)42-32-41-26-8-3-4-9-28(26)45(32)30-20-29(38-21-39-30)37-12-13-44-16-14-43(2)15-17-44/h2*3-11,18-21H,12-17H2,1-2H3,(H,40,46)(H,41,42)(H,37,38,39). The second kappa shape index (κ2) is 28.0. The number of halogens is 6. The van der Waals surface area contributed by atoms with Crippen molar-refractivity contribution in [3.05, 3.63) is 192 Å². The molecule has 6 aromatic carbocycles. The number of amides is 2. The lowest BCUT2D eigenvalue weighted by molar-refractivity contribution is -0.138. The van der Waals surface area contributed by atoms with Crippen molar-refractivity contribution in [2.24, 2.45) is 0 Å². The summed E-state index contributed by atoms with van der Waals surface area (Å²) in [5.41, 5.74) is 5.06. The largest absolute Gasteiger partial charge is 0.416 e. The Kier molecular flexibility index (Phi) is 19.3. The van der Waals surface area contributed by atoms with Crippen molar-refractivity contribution < 1.29 is 35.9 Å². The highest BCUT2D eigenvalue weighted by atomic mass is 19.4. The van der Waals surface area contributed by atoms with Crippen LogP contribution in [0.25, 0.3) is 33.7 Å². The van der Waals surface area contributed by atoms with Gasteiger partial charge in [-0.05, 0) is 124 Å². The van der Waals surface area contributed by atoms with Crippen molar-refractivity contribution >= 4 is 80.2 Å². The maximum absolute atomic E-state index is 13.2. The molecule has 12 rings (SSSR count). The van der Waals surface area contributed by atoms with Crippen LogP contribution in [0.5, 0.6) is 0 Å². The van der Waals surface area contributed by atoms with Gasteiger partial charge in [0.2, 0.25) is 11.9 Å². The van der Waals surface area contributed by atoms with E-state index < -0.39 is 35.3 Å². The van der Waals surface area contributed by atoms with Gasteiger partial charge in [-0.3, -0.25) is 28.5 Å². The number of nitrogens with zero attached hydrogens (tertiary/aromatic N) is 12. The summed E-state index contributed by atoms with van der Waals surface area (Å²) in [5, 5.41) is 19.0. The molecule has 0 atom stereocenters. The zero-order valence-corrected chi connectivity index (χ0v) is 50.9. The Morgan fingerprint density at radius 3 is 1.27 bits per heavy atom. The molecule has 476 valence electrons. The van der Waals surface area contributed by atoms with Gasteiger partial charge >= 0.3 is 12.4 Å². The van der Waals surface area contributed by atoms with E-state index >= 15 is 0 Å². The van der Waals surface area contributed by atoms with E-state index in [1.54, 1.807) is 24.3 Å². The van der Waals surface area contributed by atoms with E-state index in [4.69, 9.17) is 9.97 Å². The maximum atomic E-state index is 13.2. The highest BCUT2D eigenvalue weighted by Crippen LogP contribution is 2.34. The predicted molar refractivity (Wildman–Crippen MR) is 346 cm³/mol. The van der Waals surface area contributed by atoms with Crippen molar-refractivity contribution in [2.75, 3.05) is 125 Å². The number of rotatable bonds is 18. The number of piperazine rings is 2. The van der Waals surface area contributed by atoms with Crippen LogP contribution in [0.2, 0.25) is 0 Å². The zero-order chi connectivity index (χ0) is 64.5. The molecule has 2 aliphatic rings. The first-order valence-corrected chi connectivity index (χ1v) is 29.9. The third-order valence-corrected chi connectivity index (χ3v) is 15.9. The smallest absolute Gasteiger partial charge is 0.369 e. The Morgan fingerprint density at radius 2 is 0.870 bits per heavy atom. The molecule has 2 amide bonds. The lowest BCUT2D eigenvalue weighted by atomic mass is 10.1. The number of aryl methyl sites for hydroxylation is 2. The van der Waals surface area contributed by atoms with E-state index in [0.29, 0.717) is 57.9 Å². The van der Waals surface area contributed by atoms with E-state index in [1.165, 1.54) is 36.9 Å². The summed E-state index contributed by atoms with van der Waals surface area (Å²) < 4.78 is 82.9. The van der Waals surface area contributed by atoms with Crippen molar-refractivity contribution in [3.8, 4) is 11.6 Å². The molecule has 20 nitrogen and oxygen atoms in total. The van der Waals surface area contributed by atoms with Gasteiger partial charge in [-0.2, -0.15) is 26.3 Å². The van der Waals surface area contributed by atoms with E-state index in [1.807, 2.05) is 95.8 Å². The number of alkyl halides is 6. The Balaban J connectivity index is 0.000000188. The number of hydrogen-bond donors (Lipinski definition) is 6. The lowest BCUT2D eigenvalue weighted by Crippen LogP contribution is -2.45. The summed E-state index contributed by atoms with van der Waals surface area (Å²) in [6.45, 7) is 15.5. The Morgan fingerprint density at radius 1 is 0.467 bits per heavy atom. The highest BCUT2D eigenvalue weighted by molar-refractivity contribution is 6.05. The van der Waals surface area contributed by atoms with Crippen LogP contribution < -0.4 is 31.9 Å². The first-order chi connectivity index (χ1) is 44.3. The summed E-state index contributed by atoms with van der Waals surface area (Å²) in [7, 11) is 4.28. The number of para-hydroxylation sites is 4. The predicted octanol–water partition coefficient (Wildman–Crippen LogP) is 11.6. The summed E-state index contributed by atoms with van der Waals surface area (Å²) in [4.78, 5) is 62.9. The number of benzene rings is 6. The second-order valence-electron chi connectivity index (χ2n) is 22.6. The minimum absolute atomic E-state index is 0.0941. The average Bonchev–Trinajstić information content (AvgIpc) is 1.64. The molecule has 2 aliphatic heterocycles. The van der Waals surface area contributed by atoms with Crippen LogP contribution in [0.3, 0.4) is 0 Å². The van der Waals surface area contributed by atoms with Gasteiger partial charge in [-0.25, -0.2) is 29.9 Å². The fraction of sp³-hybridized carbons (Fsp3) is 0.273. The van der Waals surface area contributed by atoms with Crippen molar-refractivity contribution in [1.82, 2.24) is 58.6 Å². The Bertz CT molecular complexity index is 3970. The van der Waals surface area contributed by atoms with Crippen molar-refractivity contribution in [2.45, 2.75) is 26.2 Å². The van der Waals surface area contributed by atoms with Crippen molar-refractivity contribution in [1.29, 1.82) is 0 Å². The van der Waals surface area contributed by atoms with Gasteiger partial charge in [-0.1, -0.05) is 48.5 Å². The third-order valence-electron chi connectivity index (χ3n) is 15.9. The molecule has 0 unspecified atom stereocenters. The van der Waals surface area contributed by atoms with Gasteiger partial charge in [0, 0.05) is 125 Å². The maximum Gasteiger partial charge on any atom is 0.416 e. The molecule has 0 saturated carbocycles. The van der Waals surface area contributed by atoms with Crippen LogP contribution in [0.1, 0.15) is 43.0 Å². The van der Waals surface area contributed by atoms with Crippen LogP contribution in [0.4, 0.5) is 72.6 Å². The number of anilines is 8. The van der Waals surface area contributed by atoms with Gasteiger partial charge in [0.1, 0.15) is 35.9 Å². The van der Waals surface area contributed by atoms with E-state index in [9.17, 15) is 35.9 Å². The number of imidazole rings is 2. The third kappa shape index (κ3) is 15.7. The molecule has 4 aromatic heterocycles. The normalized spacial score (nSPS) is 14.4. The topological polar surface area (TPSA) is 206 Å². The second-order valence-corrected chi connectivity index (χ2v) is 22.6. The molecule has 6 N–H and O–H groups in total. The van der Waals surface area contributed by atoms with Crippen molar-refractivity contribution in [3.63, 3.8) is 0 Å². The quantitative estimate of drug-likeness (QED) is 0.0442. The number of carbonyl (C=O) groups is 2. The molecular weight excluding hydrogens is 1190 g/mol. The molecule has 0 spiro atoms. The molecule has 0 bridgehead atoms. The van der Waals surface area contributed by atoms with Gasteiger partial charge in [-0.15, -0.1) is 0 Å². The molecule has 0 radical (unpaired) electrons. The number of fused-ring (bicyclic) bond motifs is 2. The fourth-order valence-electron chi connectivity index (χ4n) is 10.6. The number of hydrogen-bond acceptors (Lipinski definition) is 16.